The van der Waals surface area contributed by atoms with Crippen LogP contribution in [0, 0.1) is 0 Å². The van der Waals surface area contributed by atoms with Crippen molar-refractivity contribution >= 4 is 21.7 Å². The van der Waals surface area contributed by atoms with Gasteiger partial charge in [0.05, 0.1) is 11.0 Å². The Balaban J connectivity index is 2.26. The smallest absolute Gasteiger partial charge is 0.159 e. The molecule has 18 heavy (non-hydrogen) atoms. The van der Waals surface area contributed by atoms with Crippen molar-refractivity contribution in [1.29, 1.82) is 0 Å². The van der Waals surface area contributed by atoms with Crippen LogP contribution in [-0.2, 0) is 11.2 Å². The van der Waals surface area contributed by atoms with Gasteiger partial charge in [-0.3, -0.25) is 4.79 Å². The average molecular weight is 306 g/mol. The molecule has 0 unspecified atom stereocenters. The van der Waals surface area contributed by atoms with E-state index in [1.54, 1.807) is 12.4 Å². The van der Waals surface area contributed by atoms with Gasteiger partial charge in [-0.05, 0) is 27.6 Å². The molecule has 0 amide bonds. The Morgan fingerprint density at radius 3 is 2.67 bits per heavy atom. The normalized spacial score (nSPS) is 10.3. The van der Waals surface area contributed by atoms with E-state index in [1.807, 2.05) is 24.3 Å². The molecule has 92 valence electrons. The van der Waals surface area contributed by atoms with Gasteiger partial charge in [-0.25, -0.2) is 9.97 Å². The lowest BCUT2D eigenvalue weighted by molar-refractivity contribution is -0.117. The number of carbonyl (C=O) groups is 1. The van der Waals surface area contributed by atoms with Gasteiger partial charge >= 0.3 is 0 Å². The Morgan fingerprint density at radius 2 is 2.00 bits per heavy atom. The van der Waals surface area contributed by atoms with Crippen molar-refractivity contribution in [3.05, 3.63) is 46.7 Å². The molecule has 4 nitrogen and oxygen atoms in total. The number of rotatable bonds is 4. The molecule has 2 aromatic rings. The van der Waals surface area contributed by atoms with Crippen molar-refractivity contribution in [2.24, 2.45) is 5.73 Å². The Morgan fingerprint density at radius 1 is 1.28 bits per heavy atom. The summed E-state index contributed by atoms with van der Waals surface area (Å²) in [7, 11) is 0. The third kappa shape index (κ3) is 3.21. The minimum absolute atomic E-state index is 0.0175. The van der Waals surface area contributed by atoms with E-state index in [4.69, 9.17) is 5.73 Å². The Hall–Kier alpha value is -1.59. The maximum atomic E-state index is 11.3. The molecule has 5 heteroatoms. The molecule has 0 bridgehead atoms. The standard InChI is InChI=1S/C13H12BrN3O/c14-11-7-16-13(17-8-11)10-3-1-2-9(4-10)5-12(18)6-15/h1-4,7-8H,5-6,15H2. The maximum absolute atomic E-state index is 11.3. The summed E-state index contributed by atoms with van der Waals surface area (Å²) in [5.74, 6) is 0.657. The van der Waals surface area contributed by atoms with Crippen LogP contribution in [0.5, 0.6) is 0 Å². The van der Waals surface area contributed by atoms with E-state index < -0.39 is 0 Å². The van der Waals surface area contributed by atoms with Gasteiger partial charge in [0.15, 0.2) is 11.6 Å². The molecule has 1 heterocycles. The molecule has 0 aliphatic carbocycles. The first-order chi connectivity index (χ1) is 8.69. The summed E-state index contributed by atoms with van der Waals surface area (Å²) in [5.41, 5.74) is 7.13. The van der Waals surface area contributed by atoms with Crippen LogP contribution in [0.1, 0.15) is 5.56 Å². The average Bonchev–Trinajstić information content (AvgIpc) is 2.40. The molecule has 0 saturated carbocycles. The number of hydrogen-bond donors (Lipinski definition) is 1. The van der Waals surface area contributed by atoms with Crippen LogP contribution in [0.15, 0.2) is 41.1 Å². The van der Waals surface area contributed by atoms with Gasteiger partial charge in [0.25, 0.3) is 0 Å². The minimum Gasteiger partial charge on any atom is -0.324 e. The topological polar surface area (TPSA) is 68.9 Å². The third-order valence-corrected chi connectivity index (χ3v) is 2.84. The molecule has 0 aliphatic heterocycles. The van der Waals surface area contributed by atoms with Gasteiger partial charge in [0, 0.05) is 24.4 Å². The number of aromatic nitrogens is 2. The van der Waals surface area contributed by atoms with E-state index in [2.05, 4.69) is 25.9 Å². The fourth-order valence-corrected chi connectivity index (χ4v) is 1.79. The number of nitrogens with two attached hydrogens (primary N) is 1. The SMILES string of the molecule is NCC(=O)Cc1cccc(-c2ncc(Br)cn2)c1. The summed E-state index contributed by atoms with van der Waals surface area (Å²) in [6.45, 7) is 0.0685. The number of benzene rings is 1. The van der Waals surface area contributed by atoms with Crippen LogP contribution in [0.4, 0.5) is 0 Å². The van der Waals surface area contributed by atoms with Crippen LogP contribution in [0.3, 0.4) is 0 Å². The van der Waals surface area contributed by atoms with Gasteiger partial charge in [0.2, 0.25) is 0 Å². The van der Waals surface area contributed by atoms with E-state index in [0.29, 0.717) is 12.2 Å². The zero-order valence-electron chi connectivity index (χ0n) is 9.64. The van der Waals surface area contributed by atoms with Crippen LogP contribution in [0.2, 0.25) is 0 Å². The highest BCUT2D eigenvalue weighted by Gasteiger charge is 2.05. The largest absolute Gasteiger partial charge is 0.324 e. The number of carbonyl (C=O) groups excluding carboxylic acids is 1. The van der Waals surface area contributed by atoms with Crippen LogP contribution < -0.4 is 5.73 Å². The van der Waals surface area contributed by atoms with Crippen LogP contribution >= 0.6 is 15.9 Å². The summed E-state index contributed by atoms with van der Waals surface area (Å²) in [6, 6.07) is 7.62. The second-order valence-electron chi connectivity index (χ2n) is 3.84. The second-order valence-corrected chi connectivity index (χ2v) is 4.76. The van der Waals surface area contributed by atoms with E-state index in [1.165, 1.54) is 0 Å². The monoisotopic (exact) mass is 305 g/mol. The first-order valence-electron chi connectivity index (χ1n) is 5.47. The predicted molar refractivity (Wildman–Crippen MR) is 72.9 cm³/mol. The van der Waals surface area contributed by atoms with Crippen molar-refractivity contribution in [1.82, 2.24) is 9.97 Å². The Bertz CT molecular complexity index is 554. The number of Topliss-reactive ketones (excluding diaryl/α,β-unsaturated/α-hetero) is 1. The molecule has 2 rings (SSSR count). The lowest BCUT2D eigenvalue weighted by Gasteiger charge is -2.03. The first kappa shape index (κ1) is 12.9. The Kier molecular flexibility index (Phi) is 4.17. The molecule has 2 N–H and O–H groups in total. The lowest BCUT2D eigenvalue weighted by atomic mass is 10.1. The fourth-order valence-electron chi connectivity index (χ4n) is 1.58. The molecule has 0 saturated heterocycles. The first-order valence-corrected chi connectivity index (χ1v) is 6.27. The molecule has 1 aromatic carbocycles. The third-order valence-electron chi connectivity index (χ3n) is 2.43. The molecule has 0 spiro atoms. The van der Waals surface area contributed by atoms with Crippen molar-refractivity contribution in [3.63, 3.8) is 0 Å². The van der Waals surface area contributed by atoms with Gasteiger partial charge in [-0.1, -0.05) is 18.2 Å². The highest BCUT2D eigenvalue weighted by molar-refractivity contribution is 9.10. The molecule has 1 aromatic heterocycles. The van der Waals surface area contributed by atoms with E-state index in [0.717, 1.165) is 15.6 Å². The van der Waals surface area contributed by atoms with Gasteiger partial charge in [-0.2, -0.15) is 0 Å². The highest BCUT2D eigenvalue weighted by Crippen LogP contribution is 2.17. The number of halogens is 1. The van der Waals surface area contributed by atoms with Crippen molar-refractivity contribution in [2.75, 3.05) is 6.54 Å². The fraction of sp³-hybridized carbons (Fsp3) is 0.154. The van der Waals surface area contributed by atoms with Crippen molar-refractivity contribution < 1.29 is 4.79 Å². The highest BCUT2D eigenvalue weighted by atomic mass is 79.9. The predicted octanol–water partition coefficient (Wildman–Crippen LogP) is 1.98. The Labute approximate surface area is 113 Å². The number of ketones is 1. The summed E-state index contributed by atoms with van der Waals surface area (Å²) < 4.78 is 0.834. The summed E-state index contributed by atoms with van der Waals surface area (Å²) in [6.07, 6.45) is 3.74. The summed E-state index contributed by atoms with van der Waals surface area (Å²) >= 11 is 3.29. The lowest BCUT2D eigenvalue weighted by Crippen LogP contribution is -2.15. The van der Waals surface area contributed by atoms with Crippen molar-refractivity contribution in [2.45, 2.75) is 6.42 Å². The van der Waals surface area contributed by atoms with E-state index >= 15 is 0 Å². The molecule has 0 fully saturated rings. The van der Waals surface area contributed by atoms with Gasteiger partial charge in [0.1, 0.15) is 0 Å². The van der Waals surface area contributed by atoms with Crippen molar-refractivity contribution in [3.8, 4) is 11.4 Å². The molecule has 0 atom stereocenters. The number of nitrogens with zero attached hydrogens (tertiary/aromatic N) is 2. The molecule has 0 aliphatic rings. The zero-order valence-corrected chi connectivity index (χ0v) is 11.2. The van der Waals surface area contributed by atoms with Crippen LogP contribution in [-0.4, -0.2) is 22.3 Å². The summed E-state index contributed by atoms with van der Waals surface area (Å²) in [5, 5.41) is 0. The second kappa shape index (κ2) is 5.84. The van der Waals surface area contributed by atoms with Gasteiger partial charge < -0.3 is 5.73 Å². The maximum Gasteiger partial charge on any atom is 0.159 e. The zero-order chi connectivity index (χ0) is 13.0. The van der Waals surface area contributed by atoms with E-state index in [9.17, 15) is 4.79 Å². The van der Waals surface area contributed by atoms with Crippen LogP contribution in [0.25, 0.3) is 11.4 Å². The molecular formula is C13H12BrN3O. The molecule has 0 radical (unpaired) electrons. The quantitative estimate of drug-likeness (QED) is 0.938. The van der Waals surface area contributed by atoms with Gasteiger partial charge in [-0.15, -0.1) is 0 Å². The summed E-state index contributed by atoms with van der Waals surface area (Å²) in [4.78, 5) is 19.8. The van der Waals surface area contributed by atoms with E-state index in [-0.39, 0.29) is 12.3 Å². The molecular weight excluding hydrogens is 294 g/mol. The minimum atomic E-state index is 0.0175. The number of hydrogen-bond acceptors (Lipinski definition) is 4.